The quantitative estimate of drug-likeness (QED) is 0.668. The Morgan fingerprint density at radius 1 is 1.31 bits per heavy atom. The van der Waals surface area contributed by atoms with Crippen molar-refractivity contribution < 1.29 is 5.11 Å². The first-order valence-electron chi connectivity index (χ1n) is 6.51. The number of aliphatic hydroxyl groups is 1. The third-order valence-electron chi connectivity index (χ3n) is 4.62. The molecule has 2 rings (SSSR count). The van der Waals surface area contributed by atoms with Gasteiger partial charge in [-0.3, -0.25) is 0 Å². The van der Waals surface area contributed by atoms with E-state index in [1.165, 1.54) is 36.8 Å². The Labute approximate surface area is 99.3 Å². The second kappa shape index (κ2) is 4.37. The third-order valence-corrected chi connectivity index (χ3v) is 4.62. The summed E-state index contributed by atoms with van der Waals surface area (Å²) in [6.07, 6.45) is 9.63. The van der Waals surface area contributed by atoms with Crippen LogP contribution in [-0.4, -0.2) is 11.7 Å². The van der Waals surface area contributed by atoms with Crippen molar-refractivity contribution in [1.82, 2.24) is 0 Å². The summed E-state index contributed by atoms with van der Waals surface area (Å²) >= 11 is 0. The number of hydrogen-bond acceptors (Lipinski definition) is 1. The summed E-state index contributed by atoms with van der Waals surface area (Å²) in [5.74, 6) is 1.33. The summed E-state index contributed by atoms with van der Waals surface area (Å²) in [5, 5.41) is 9.53. The summed E-state index contributed by atoms with van der Waals surface area (Å²) in [7, 11) is 0. The minimum atomic E-state index is 0.173. The number of allylic oxidation sites excluding steroid dienone is 4. The fraction of sp³-hybridized carbons (Fsp3) is 0.733. The van der Waals surface area contributed by atoms with Gasteiger partial charge in [-0.25, -0.2) is 0 Å². The highest BCUT2D eigenvalue weighted by Crippen LogP contribution is 2.61. The molecule has 0 saturated heterocycles. The molecule has 0 aromatic rings. The normalized spacial score (nSPS) is 39.5. The van der Waals surface area contributed by atoms with Crippen LogP contribution in [-0.2, 0) is 0 Å². The van der Waals surface area contributed by atoms with Gasteiger partial charge in [-0.1, -0.05) is 30.2 Å². The summed E-state index contributed by atoms with van der Waals surface area (Å²) in [6.45, 7) is 7.06. The maximum atomic E-state index is 9.53. The van der Waals surface area contributed by atoms with Crippen LogP contribution in [0.4, 0.5) is 0 Å². The molecule has 1 N–H and O–H groups in total. The van der Waals surface area contributed by atoms with Gasteiger partial charge in [0.05, 0.1) is 0 Å². The molecule has 0 aliphatic heterocycles. The number of fused-ring (bicyclic) bond motifs is 1. The molecule has 2 aliphatic carbocycles. The monoisotopic (exact) mass is 220 g/mol. The second-order valence-electron chi connectivity index (χ2n) is 5.94. The maximum absolute atomic E-state index is 9.53. The zero-order valence-corrected chi connectivity index (χ0v) is 10.8. The predicted molar refractivity (Wildman–Crippen MR) is 68.2 cm³/mol. The lowest BCUT2D eigenvalue weighted by Crippen LogP contribution is -2.05. The largest absolute Gasteiger partial charge is 0.396 e. The Kier molecular flexibility index (Phi) is 3.25. The molecule has 1 nitrogen and oxygen atoms in total. The summed E-state index contributed by atoms with van der Waals surface area (Å²) in [4.78, 5) is 0. The SMILES string of the molecule is CC1=CC2C(CCC(C)=CCC1)C2(C)CO. The minimum Gasteiger partial charge on any atom is -0.396 e. The van der Waals surface area contributed by atoms with E-state index in [9.17, 15) is 5.11 Å². The van der Waals surface area contributed by atoms with E-state index in [2.05, 4.69) is 32.9 Å². The van der Waals surface area contributed by atoms with Crippen molar-refractivity contribution >= 4 is 0 Å². The Morgan fingerprint density at radius 2 is 2.06 bits per heavy atom. The van der Waals surface area contributed by atoms with Crippen LogP contribution in [0.15, 0.2) is 23.3 Å². The van der Waals surface area contributed by atoms with Crippen molar-refractivity contribution in [3.63, 3.8) is 0 Å². The molecule has 0 radical (unpaired) electrons. The molecule has 3 unspecified atom stereocenters. The Balaban J connectivity index is 2.15. The van der Waals surface area contributed by atoms with E-state index in [-0.39, 0.29) is 5.41 Å². The fourth-order valence-corrected chi connectivity index (χ4v) is 3.16. The van der Waals surface area contributed by atoms with Crippen molar-refractivity contribution in [2.75, 3.05) is 6.61 Å². The molecule has 16 heavy (non-hydrogen) atoms. The lowest BCUT2D eigenvalue weighted by atomic mass is 10.0. The molecule has 1 fully saturated rings. The summed E-state index contributed by atoms with van der Waals surface area (Å²) in [6, 6.07) is 0. The van der Waals surface area contributed by atoms with Gasteiger partial charge >= 0.3 is 0 Å². The van der Waals surface area contributed by atoms with E-state index < -0.39 is 0 Å². The minimum absolute atomic E-state index is 0.173. The average molecular weight is 220 g/mol. The van der Waals surface area contributed by atoms with Crippen molar-refractivity contribution in [2.24, 2.45) is 17.3 Å². The molecule has 0 spiro atoms. The van der Waals surface area contributed by atoms with Gasteiger partial charge in [0.25, 0.3) is 0 Å². The maximum Gasteiger partial charge on any atom is 0.0493 e. The van der Waals surface area contributed by atoms with Crippen LogP contribution < -0.4 is 0 Å². The highest BCUT2D eigenvalue weighted by Gasteiger charge is 2.58. The van der Waals surface area contributed by atoms with Gasteiger partial charge < -0.3 is 5.11 Å². The van der Waals surface area contributed by atoms with Crippen molar-refractivity contribution in [1.29, 1.82) is 0 Å². The van der Waals surface area contributed by atoms with Gasteiger partial charge in [-0.2, -0.15) is 0 Å². The molecule has 0 aromatic carbocycles. The first-order chi connectivity index (χ1) is 7.58. The van der Waals surface area contributed by atoms with E-state index in [4.69, 9.17) is 0 Å². The molecule has 90 valence electrons. The van der Waals surface area contributed by atoms with Gasteiger partial charge in [-0.05, 0) is 51.4 Å². The van der Waals surface area contributed by atoms with Gasteiger partial charge in [0.1, 0.15) is 0 Å². The van der Waals surface area contributed by atoms with Crippen molar-refractivity contribution in [3.05, 3.63) is 23.3 Å². The van der Waals surface area contributed by atoms with Crippen LogP contribution in [0.25, 0.3) is 0 Å². The van der Waals surface area contributed by atoms with Crippen LogP contribution in [0.1, 0.15) is 46.5 Å². The van der Waals surface area contributed by atoms with Gasteiger partial charge in [0.2, 0.25) is 0 Å². The molecule has 2 aliphatic rings. The van der Waals surface area contributed by atoms with E-state index in [0.717, 1.165) is 0 Å². The molecule has 3 atom stereocenters. The molecule has 0 heterocycles. The molecule has 0 bridgehead atoms. The van der Waals surface area contributed by atoms with Crippen LogP contribution in [0.3, 0.4) is 0 Å². The zero-order valence-electron chi connectivity index (χ0n) is 10.8. The molecule has 1 saturated carbocycles. The van der Waals surface area contributed by atoms with Crippen LogP contribution in [0, 0.1) is 17.3 Å². The van der Waals surface area contributed by atoms with Crippen molar-refractivity contribution in [3.8, 4) is 0 Å². The molecular weight excluding hydrogens is 196 g/mol. The van der Waals surface area contributed by atoms with Crippen LogP contribution in [0.5, 0.6) is 0 Å². The first-order valence-corrected chi connectivity index (χ1v) is 6.51. The van der Waals surface area contributed by atoms with Gasteiger partial charge in [0.15, 0.2) is 0 Å². The predicted octanol–water partition coefficient (Wildman–Crippen LogP) is 3.70. The van der Waals surface area contributed by atoms with Gasteiger partial charge in [0, 0.05) is 12.0 Å². The molecule has 0 aromatic heterocycles. The molecular formula is C15H24O. The Bertz CT molecular complexity index is 326. The highest BCUT2D eigenvalue weighted by molar-refractivity contribution is 5.21. The summed E-state index contributed by atoms with van der Waals surface area (Å²) in [5.41, 5.74) is 3.20. The van der Waals surface area contributed by atoms with Crippen molar-refractivity contribution in [2.45, 2.75) is 46.5 Å². The summed E-state index contributed by atoms with van der Waals surface area (Å²) < 4.78 is 0. The lowest BCUT2D eigenvalue weighted by molar-refractivity contribution is 0.205. The smallest absolute Gasteiger partial charge is 0.0493 e. The third kappa shape index (κ3) is 2.10. The van der Waals surface area contributed by atoms with E-state index >= 15 is 0 Å². The lowest BCUT2D eigenvalue weighted by Gasteiger charge is -2.06. The highest BCUT2D eigenvalue weighted by atomic mass is 16.3. The molecule has 1 heteroatoms. The molecule has 0 amide bonds. The Hall–Kier alpha value is -0.560. The number of hydrogen-bond donors (Lipinski definition) is 1. The number of aliphatic hydroxyl groups excluding tert-OH is 1. The zero-order chi connectivity index (χ0) is 11.8. The van der Waals surface area contributed by atoms with Crippen LogP contribution >= 0.6 is 0 Å². The topological polar surface area (TPSA) is 20.2 Å². The van der Waals surface area contributed by atoms with Crippen LogP contribution in [0.2, 0.25) is 0 Å². The average Bonchev–Trinajstić information content (AvgIpc) is 2.81. The number of rotatable bonds is 1. The van der Waals surface area contributed by atoms with E-state index in [1.54, 1.807) is 0 Å². The Morgan fingerprint density at radius 3 is 2.75 bits per heavy atom. The van der Waals surface area contributed by atoms with E-state index in [0.29, 0.717) is 18.4 Å². The first kappa shape index (κ1) is 11.9. The standard InChI is InChI=1S/C15H24O/c1-11-5-4-6-12(2)9-14-13(8-7-11)15(14,3)10-16/h5,9,13-14,16H,4,6-8,10H2,1-3H3. The fourth-order valence-electron chi connectivity index (χ4n) is 3.16. The second-order valence-corrected chi connectivity index (χ2v) is 5.94. The van der Waals surface area contributed by atoms with E-state index in [1.807, 2.05) is 0 Å². The van der Waals surface area contributed by atoms with Gasteiger partial charge in [-0.15, -0.1) is 0 Å².